The maximum absolute atomic E-state index is 10.9. The molecule has 0 amide bonds. The molecule has 0 saturated carbocycles. The van der Waals surface area contributed by atoms with Crippen molar-refractivity contribution in [2.45, 2.75) is 6.04 Å². The highest BCUT2D eigenvalue weighted by molar-refractivity contribution is 5.36. The average molecular weight is 278 g/mol. The quantitative estimate of drug-likeness (QED) is 0.645. The molecule has 1 aliphatic rings. The Morgan fingerprint density at radius 3 is 2.70 bits per heavy atom. The van der Waals surface area contributed by atoms with Gasteiger partial charge in [0.1, 0.15) is 0 Å². The van der Waals surface area contributed by atoms with Gasteiger partial charge >= 0.3 is 0 Å². The van der Waals surface area contributed by atoms with Crippen molar-refractivity contribution in [1.82, 2.24) is 15.1 Å². The van der Waals surface area contributed by atoms with E-state index < -0.39 is 0 Å². The number of benzene rings is 1. The van der Waals surface area contributed by atoms with Crippen molar-refractivity contribution in [3.63, 3.8) is 0 Å². The molecule has 1 heterocycles. The van der Waals surface area contributed by atoms with Crippen molar-refractivity contribution in [1.29, 1.82) is 0 Å². The minimum absolute atomic E-state index is 0.162. The number of piperazine rings is 1. The van der Waals surface area contributed by atoms with Crippen LogP contribution in [0.3, 0.4) is 0 Å². The van der Waals surface area contributed by atoms with Gasteiger partial charge in [0.15, 0.2) is 0 Å². The van der Waals surface area contributed by atoms with Crippen molar-refractivity contribution >= 4 is 5.69 Å². The van der Waals surface area contributed by atoms with Gasteiger partial charge in [-0.25, -0.2) is 0 Å². The van der Waals surface area contributed by atoms with E-state index in [0.717, 1.165) is 38.3 Å². The normalized spacial score (nSPS) is 18.1. The zero-order valence-electron chi connectivity index (χ0n) is 12.1. The Labute approximate surface area is 119 Å². The smallest absolute Gasteiger partial charge is 0.269 e. The summed E-state index contributed by atoms with van der Waals surface area (Å²) < 4.78 is 0. The lowest BCUT2D eigenvalue weighted by Gasteiger charge is -2.34. The molecule has 0 radical (unpaired) electrons. The van der Waals surface area contributed by atoms with E-state index >= 15 is 0 Å². The van der Waals surface area contributed by atoms with Gasteiger partial charge in [-0.1, -0.05) is 12.1 Å². The summed E-state index contributed by atoms with van der Waals surface area (Å²) in [5.74, 6) is 0. The summed E-state index contributed by atoms with van der Waals surface area (Å²) in [6.07, 6.45) is 0. The van der Waals surface area contributed by atoms with E-state index in [0.29, 0.717) is 0 Å². The average Bonchev–Trinajstić information content (AvgIpc) is 2.45. The number of likely N-dealkylation sites (N-methyl/N-ethyl adjacent to an activating group) is 1. The van der Waals surface area contributed by atoms with Crippen molar-refractivity contribution < 1.29 is 4.92 Å². The van der Waals surface area contributed by atoms with Crippen LogP contribution in [0.4, 0.5) is 5.69 Å². The van der Waals surface area contributed by atoms with E-state index in [1.807, 2.05) is 20.2 Å². The third-order valence-corrected chi connectivity index (χ3v) is 3.73. The summed E-state index contributed by atoms with van der Waals surface area (Å²) >= 11 is 0. The molecule has 0 bridgehead atoms. The lowest BCUT2D eigenvalue weighted by atomic mass is 10.0. The number of rotatable bonds is 5. The number of hydrogen-bond acceptors (Lipinski definition) is 5. The van der Waals surface area contributed by atoms with Crippen LogP contribution in [0.5, 0.6) is 0 Å². The Morgan fingerprint density at radius 1 is 1.40 bits per heavy atom. The fourth-order valence-electron chi connectivity index (χ4n) is 2.55. The molecule has 1 saturated heterocycles. The second kappa shape index (κ2) is 6.78. The molecule has 0 aromatic heterocycles. The Balaban J connectivity index is 2.15. The van der Waals surface area contributed by atoms with Crippen LogP contribution in [0.1, 0.15) is 11.6 Å². The molecule has 1 N–H and O–H groups in total. The fraction of sp³-hybridized carbons (Fsp3) is 0.571. The molecule has 0 spiro atoms. The van der Waals surface area contributed by atoms with E-state index in [1.165, 1.54) is 0 Å². The van der Waals surface area contributed by atoms with Crippen LogP contribution in [0.15, 0.2) is 24.3 Å². The Hall–Kier alpha value is -1.50. The van der Waals surface area contributed by atoms with Crippen LogP contribution in [-0.4, -0.2) is 61.5 Å². The van der Waals surface area contributed by atoms with Gasteiger partial charge in [0.2, 0.25) is 0 Å². The van der Waals surface area contributed by atoms with Gasteiger partial charge in [0.05, 0.1) is 4.92 Å². The van der Waals surface area contributed by atoms with Crippen LogP contribution >= 0.6 is 0 Å². The van der Waals surface area contributed by atoms with Crippen LogP contribution < -0.4 is 5.32 Å². The molecule has 1 aromatic carbocycles. The third-order valence-electron chi connectivity index (χ3n) is 3.73. The molecule has 0 aliphatic carbocycles. The van der Waals surface area contributed by atoms with Gasteiger partial charge in [-0.15, -0.1) is 0 Å². The highest BCUT2D eigenvalue weighted by Crippen LogP contribution is 2.23. The molecule has 1 aromatic rings. The summed E-state index contributed by atoms with van der Waals surface area (Å²) in [5.41, 5.74) is 1.16. The molecule has 6 heteroatoms. The second-order valence-electron chi connectivity index (χ2n) is 5.38. The zero-order chi connectivity index (χ0) is 14.5. The first-order chi connectivity index (χ1) is 9.58. The van der Waals surface area contributed by atoms with E-state index in [4.69, 9.17) is 0 Å². The van der Waals surface area contributed by atoms with Crippen molar-refractivity contribution in [2.75, 3.05) is 46.8 Å². The standard InChI is InChI=1S/C14H22N4O2/c1-16(2)14(11-17-8-6-15-7-9-17)12-4-3-5-13(10-12)18(19)20/h3-5,10,14-15H,6-9,11H2,1-2H3. The first-order valence-electron chi connectivity index (χ1n) is 6.92. The molecule has 6 nitrogen and oxygen atoms in total. The molecular weight excluding hydrogens is 256 g/mol. The van der Waals surface area contributed by atoms with Crippen molar-refractivity contribution in [3.8, 4) is 0 Å². The van der Waals surface area contributed by atoms with Gasteiger partial charge in [0.25, 0.3) is 5.69 Å². The highest BCUT2D eigenvalue weighted by Gasteiger charge is 2.21. The summed E-state index contributed by atoms with van der Waals surface area (Å²) in [6, 6.07) is 7.14. The first-order valence-corrected chi connectivity index (χ1v) is 6.92. The van der Waals surface area contributed by atoms with Gasteiger partial charge in [0, 0.05) is 50.9 Å². The maximum Gasteiger partial charge on any atom is 0.269 e. The van der Waals surface area contributed by atoms with Crippen molar-refractivity contribution in [2.24, 2.45) is 0 Å². The molecule has 20 heavy (non-hydrogen) atoms. The van der Waals surface area contributed by atoms with E-state index in [-0.39, 0.29) is 16.7 Å². The zero-order valence-corrected chi connectivity index (χ0v) is 12.1. The minimum atomic E-state index is -0.332. The van der Waals surface area contributed by atoms with Crippen LogP contribution in [0.25, 0.3) is 0 Å². The number of hydrogen-bond donors (Lipinski definition) is 1. The van der Waals surface area contributed by atoms with E-state index in [9.17, 15) is 10.1 Å². The van der Waals surface area contributed by atoms with Gasteiger partial charge in [-0.3, -0.25) is 15.0 Å². The summed E-state index contributed by atoms with van der Waals surface area (Å²) in [7, 11) is 4.04. The molecule has 1 fully saturated rings. The third kappa shape index (κ3) is 3.75. The molecule has 1 unspecified atom stereocenters. The Morgan fingerprint density at radius 2 is 2.10 bits per heavy atom. The lowest BCUT2D eigenvalue weighted by Crippen LogP contribution is -2.46. The van der Waals surface area contributed by atoms with Crippen LogP contribution in [0.2, 0.25) is 0 Å². The molecule has 1 atom stereocenters. The maximum atomic E-state index is 10.9. The SMILES string of the molecule is CN(C)C(CN1CCNCC1)c1cccc([N+](=O)[O-])c1. The highest BCUT2D eigenvalue weighted by atomic mass is 16.6. The van der Waals surface area contributed by atoms with Crippen LogP contribution in [-0.2, 0) is 0 Å². The number of nitrogens with zero attached hydrogens (tertiary/aromatic N) is 3. The fourth-order valence-corrected chi connectivity index (χ4v) is 2.55. The predicted octanol–water partition coefficient (Wildman–Crippen LogP) is 1.10. The predicted molar refractivity (Wildman–Crippen MR) is 78.8 cm³/mol. The number of nitro groups is 1. The number of non-ortho nitro benzene ring substituents is 1. The van der Waals surface area contributed by atoms with Crippen LogP contribution in [0, 0.1) is 10.1 Å². The van der Waals surface area contributed by atoms with Crippen molar-refractivity contribution in [3.05, 3.63) is 39.9 Å². The topological polar surface area (TPSA) is 61.6 Å². The molecule has 1 aliphatic heterocycles. The summed E-state index contributed by atoms with van der Waals surface area (Å²) in [4.78, 5) is 15.1. The van der Waals surface area contributed by atoms with E-state index in [1.54, 1.807) is 18.2 Å². The second-order valence-corrected chi connectivity index (χ2v) is 5.38. The summed E-state index contributed by atoms with van der Waals surface area (Å²) in [6.45, 7) is 4.97. The minimum Gasteiger partial charge on any atom is -0.314 e. The van der Waals surface area contributed by atoms with E-state index in [2.05, 4.69) is 15.1 Å². The molecule has 110 valence electrons. The first kappa shape index (κ1) is 14.9. The Kier molecular flexibility index (Phi) is 5.05. The largest absolute Gasteiger partial charge is 0.314 e. The van der Waals surface area contributed by atoms with Gasteiger partial charge < -0.3 is 10.2 Å². The lowest BCUT2D eigenvalue weighted by molar-refractivity contribution is -0.384. The molecule has 2 rings (SSSR count). The molecular formula is C14H22N4O2. The monoisotopic (exact) mass is 278 g/mol. The Bertz CT molecular complexity index is 458. The summed E-state index contributed by atoms with van der Waals surface area (Å²) in [5, 5.41) is 14.2. The number of nitrogens with one attached hydrogen (secondary N) is 1. The number of nitro benzene ring substituents is 1. The van der Waals surface area contributed by atoms with Gasteiger partial charge in [-0.2, -0.15) is 0 Å². The van der Waals surface area contributed by atoms with Gasteiger partial charge in [-0.05, 0) is 19.7 Å².